The van der Waals surface area contributed by atoms with Gasteiger partial charge in [-0.25, -0.2) is 0 Å². The predicted octanol–water partition coefficient (Wildman–Crippen LogP) is 1.65. The van der Waals surface area contributed by atoms with Gasteiger partial charge in [0, 0.05) is 25.9 Å². The predicted molar refractivity (Wildman–Crippen MR) is 68.4 cm³/mol. The summed E-state index contributed by atoms with van der Waals surface area (Å²) in [6.45, 7) is 3.42. The lowest BCUT2D eigenvalue weighted by Crippen LogP contribution is -2.34. The summed E-state index contributed by atoms with van der Waals surface area (Å²) in [5, 5.41) is 0. The second-order valence-corrected chi connectivity index (χ2v) is 3.95. The second kappa shape index (κ2) is 6.91. The molecule has 0 saturated heterocycles. The lowest BCUT2D eigenvalue weighted by Gasteiger charge is -2.22. The molecule has 0 unspecified atom stereocenters. The van der Waals surface area contributed by atoms with Crippen LogP contribution in [0, 0.1) is 0 Å². The van der Waals surface area contributed by atoms with Crippen LogP contribution in [0.1, 0.15) is 18.9 Å². The number of carbonyl (C=O) groups excluding carboxylic acids is 1. The van der Waals surface area contributed by atoms with E-state index in [2.05, 4.69) is 0 Å². The molecule has 17 heavy (non-hydrogen) atoms. The molecule has 0 atom stereocenters. The van der Waals surface area contributed by atoms with Crippen LogP contribution >= 0.6 is 0 Å². The van der Waals surface area contributed by atoms with Gasteiger partial charge in [0.25, 0.3) is 0 Å². The number of nitrogens with zero attached hydrogens (tertiary/aromatic N) is 1. The molecule has 0 heterocycles. The van der Waals surface area contributed by atoms with Crippen LogP contribution in [0.3, 0.4) is 0 Å². The number of hydrogen-bond donors (Lipinski definition) is 1. The highest BCUT2D eigenvalue weighted by molar-refractivity contribution is 5.77. The molecule has 2 N–H and O–H groups in total. The van der Waals surface area contributed by atoms with Crippen molar-refractivity contribution in [1.82, 2.24) is 4.90 Å². The standard InChI is InChI=1S/C13H20N2O2/c1-3-8-15(13(16)10-17-2)9-11-6-4-5-7-12(11)14/h4-7H,3,8-10,14H2,1-2H3. The van der Waals surface area contributed by atoms with Crippen LogP contribution in [0.15, 0.2) is 24.3 Å². The number of benzene rings is 1. The van der Waals surface area contributed by atoms with Gasteiger partial charge < -0.3 is 15.4 Å². The van der Waals surface area contributed by atoms with Gasteiger partial charge in [0.1, 0.15) is 6.61 Å². The van der Waals surface area contributed by atoms with Crippen LogP contribution in [0.5, 0.6) is 0 Å². The zero-order valence-electron chi connectivity index (χ0n) is 10.5. The zero-order valence-corrected chi connectivity index (χ0v) is 10.5. The van der Waals surface area contributed by atoms with Gasteiger partial charge in [-0.15, -0.1) is 0 Å². The minimum Gasteiger partial charge on any atom is -0.398 e. The molecule has 0 spiro atoms. The molecule has 0 radical (unpaired) electrons. The molecule has 4 heteroatoms. The molecule has 1 aromatic carbocycles. The summed E-state index contributed by atoms with van der Waals surface area (Å²) in [5.74, 6) is -0.00222. The lowest BCUT2D eigenvalue weighted by molar-refractivity contribution is -0.135. The van der Waals surface area contributed by atoms with Gasteiger partial charge >= 0.3 is 0 Å². The summed E-state index contributed by atoms with van der Waals surface area (Å²) in [6.07, 6.45) is 0.919. The molecule has 0 aliphatic carbocycles. The highest BCUT2D eigenvalue weighted by Crippen LogP contribution is 2.13. The minimum atomic E-state index is -0.00222. The van der Waals surface area contributed by atoms with Gasteiger partial charge in [-0.2, -0.15) is 0 Å². The third kappa shape index (κ3) is 4.07. The molecular weight excluding hydrogens is 216 g/mol. The third-order valence-electron chi connectivity index (χ3n) is 2.53. The molecule has 4 nitrogen and oxygen atoms in total. The van der Waals surface area contributed by atoms with Crippen molar-refractivity contribution in [2.45, 2.75) is 19.9 Å². The highest BCUT2D eigenvalue weighted by Gasteiger charge is 2.13. The Balaban J connectivity index is 2.73. The maximum absolute atomic E-state index is 11.8. The van der Waals surface area contributed by atoms with Crippen LogP contribution in [0.2, 0.25) is 0 Å². The Labute approximate surface area is 102 Å². The summed E-state index contributed by atoms with van der Waals surface area (Å²) in [7, 11) is 1.53. The van der Waals surface area contributed by atoms with Gasteiger partial charge in [-0.05, 0) is 18.1 Å². The van der Waals surface area contributed by atoms with E-state index in [1.165, 1.54) is 7.11 Å². The molecule has 1 rings (SSSR count). The average molecular weight is 236 g/mol. The zero-order chi connectivity index (χ0) is 12.7. The molecule has 0 aliphatic rings. The Kier molecular flexibility index (Phi) is 5.49. The Bertz CT molecular complexity index is 366. The van der Waals surface area contributed by atoms with Crippen molar-refractivity contribution < 1.29 is 9.53 Å². The Morgan fingerprint density at radius 2 is 2.12 bits per heavy atom. The number of para-hydroxylation sites is 1. The Morgan fingerprint density at radius 3 is 2.71 bits per heavy atom. The lowest BCUT2D eigenvalue weighted by atomic mass is 10.1. The molecule has 0 aliphatic heterocycles. The molecule has 0 fully saturated rings. The average Bonchev–Trinajstić information content (AvgIpc) is 2.31. The summed E-state index contributed by atoms with van der Waals surface area (Å²) in [6, 6.07) is 7.61. The number of amides is 1. The SMILES string of the molecule is CCCN(Cc1ccccc1N)C(=O)COC. The smallest absolute Gasteiger partial charge is 0.248 e. The molecule has 94 valence electrons. The fraction of sp³-hybridized carbons (Fsp3) is 0.462. The number of hydrogen-bond acceptors (Lipinski definition) is 3. The fourth-order valence-electron chi connectivity index (χ4n) is 1.66. The van der Waals surface area contributed by atoms with Crippen LogP contribution in [0.4, 0.5) is 5.69 Å². The van der Waals surface area contributed by atoms with Crippen molar-refractivity contribution in [1.29, 1.82) is 0 Å². The van der Waals surface area contributed by atoms with Crippen molar-refractivity contribution in [2.24, 2.45) is 0 Å². The van der Waals surface area contributed by atoms with Crippen molar-refractivity contribution >= 4 is 11.6 Å². The van der Waals surface area contributed by atoms with Crippen LogP contribution in [-0.4, -0.2) is 31.1 Å². The number of carbonyl (C=O) groups is 1. The molecule has 0 bridgehead atoms. The van der Waals surface area contributed by atoms with E-state index in [1.54, 1.807) is 4.90 Å². The number of ether oxygens (including phenoxy) is 1. The highest BCUT2D eigenvalue weighted by atomic mass is 16.5. The molecule has 1 amide bonds. The first kappa shape index (κ1) is 13.5. The van der Waals surface area contributed by atoms with Gasteiger partial charge in [-0.3, -0.25) is 4.79 Å². The third-order valence-corrected chi connectivity index (χ3v) is 2.53. The first-order valence-electron chi connectivity index (χ1n) is 5.79. The Morgan fingerprint density at radius 1 is 1.41 bits per heavy atom. The van der Waals surface area contributed by atoms with Crippen molar-refractivity contribution in [3.8, 4) is 0 Å². The number of nitrogens with two attached hydrogens (primary N) is 1. The van der Waals surface area contributed by atoms with Crippen LogP contribution in [-0.2, 0) is 16.1 Å². The molecular formula is C13H20N2O2. The van der Waals surface area contributed by atoms with E-state index in [0.29, 0.717) is 6.54 Å². The maximum Gasteiger partial charge on any atom is 0.248 e. The van der Waals surface area contributed by atoms with E-state index in [0.717, 1.165) is 24.2 Å². The number of nitrogen functional groups attached to an aromatic ring is 1. The van der Waals surface area contributed by atoms with E-state index < -0.39 is 0 Å². The topological polar surface area (TPSA) is 55.6 Å². The normalized spacial score (nSPS) is 10.2. The van der Waals surface area contributed by atoms with Gasteiger partial charge in [0.2, 0.25) is 5.91 Å². The second-order valence-electron chi connectivity index (χ2n) is 3.95. The molecule has 0 aromatic heterocycles. The van der Waals surface area contributed by atoms with Gasteiger partial charge in [0.15, 0.2) is 0 Å². The first-order chi connectivity index (χ1) is 8.19. The van der Waals surface area contributed by atoms with E-state index in [-0.39, 0.29) is 12.5 Å². The fourth-order valence-corrected chi connectivity index (χ4v) is 1.66. The molecule has 0 saturated carbocycles. The van der Waals surface area contributed by atoms with Crippen molar-refractivity contribution in [3.05, 3.63) is 29.8 Å². The number of anilines is 1. The number of methoxy groups -OCH3 is 1. The van der Waals surface area contributed by atoms with E-state index in [9.17, 15) is 4.79 Å². The van der Waals surface area contributed by atoms with Crippen molar-refractivity contribution in [3.63, 3.8) is 0 Å². The van der Waals surface area contributed by atoms with Crippen molar-refractivity contribution in [2.75, 3.05) is 26.0 Å². The number of rotatable bonds is 6. The van der Waals surface area contributed by atoms with Crippen LogP contribution < -0.4 is 5.73 Å². The summed E-state index contributed by atoms with van der Waals surface area (Å²) < 4.78 is 4.88. The van der Waals surface area contributed by atoms with E-state index >= 15 is 0 Å². The largest absolute Gasteiger partial charge is 0.398 e. The van der Waals surface area contributed by atoms with E-state index in [4.69, 9.17) is 10.5 Å². The van der Waals surface area contributed by atoms with E-state index in [1.807, 2.05) is 31.2 Å². The van der Waals surface area contributed by atoms with Gasteiger partial charge in [-0.1, -0.05) is 25.1 Å². The van der Waals surface area contributed by atoms with Crippen LogP contribution in [0.25, 0.3) is 0 Å². The minimum absolute atomic E-state index is 0.00222. The molecule has 1 aromatic rings. The first-order valence-corrected chi connectivity index (χ1v) is 5.79. The summed E-state index contributed by atoms with van der Waals surface area (Å²) in [4.78, 5) is 13.6. The summed E-state index contributed by atoms with van der Waals surface area (Å²) in [5.41, 5.74) is 7.57. The Hall–Kier alpha value is -1.55. The monoisotopic (exact) mass is 236 g/mol. The maximum atomic E-state index is 11.8. The van der Waals surface area contributed by atoms with Gasteiger partial charge in [0.05, 0.1) is 0 Å². The quantitative estimate of drug-likeness (QED) is 0.764. The summed E-state index contributed by atoms with van der Waals surface area (Å²) >= 11 is 0.